The molecule has 1 aliphatic rings. The number of nitrogens with one attached hydrogen (secondary N) is 1. The second-order valence-electron chi connectivity index (χ2n) is 8.64. The minimum atomic E-state index is -0.215. The van der Waals surface area contributed by atoms with E-state index in [9.17, 15) is 14.4 Å². The van der Waals surface area contributed by atoms with Crippen molar-refractivity contribution in [2.75, 3.05) is 6.54 Å². The molecule has 0 bridgehead atoms. The second-order valence-corrected chi connectivity index (χ2v) is 9.55. The number of aromatic nitrogens is 3. The van der Waals surface area contributed by atoms with Gasteiger partial charge in [0.05, 0.1) is 16.1 Å². The SMILES string of the molecule is CCCc1cc(C(=O)N2CCc3c(cnc(C)c3CNC(=O)c3csc(C(C)=O)c3)C2)n(C)n1. The smallest absolute Gasteiger partial charge is 0.272 e. The van der Waals surface area contributed by atoms with Gasteiger partial charge in [-0.15, -0.1) is 11.3 Å². The van der Waals surface area contributed by atoms with Crippen LogP contribution in [0.5, 0.6) is 0 Å². The summed E-state index contributed by atoms with van der Waals surface area (Å²) in [5.41, 5.74) is 6.02. The summed E-state index contributed by atoms with van der Waals surface area (Å²) < 4.78 is 1.67. The minimum Gasteiger partial charge on any atom is -0.348 e. The molecule has 0 saturated carbocycles. The van der Waals surface area contributed by atoms with Gasteiger partial charge in [-0.3, -0.25) is 24.0 Å². The van der Waals surface area contributed by atoms with E-state index >= 15 is 0 Å². The molecule has 0 atom stereocenters. The fourth-order valence-electron chi connectivity index (χ4n) is 4.31. The Hall–Kier alpha value is -3.33. The van der Waals surface area contributed by atoms with Crippen molar-refractivity contribution in [3.8, 4) is 0 Å². The maximum atomic E-state index is 13.2. The molecule has 0 saturated heterocycles. The number of Topliss-reactive ketones (excluding diaryl/α,β-unsaturated/α-hetero) is 1. The summed E-state index contributed by atoms with van der Waals surface area (Å²) in [6, 6.07) is 3.51. The van der Waals surface area contributed by atoms with Crippen molar-refractivity contribution in [3.05, 3.63) is 67.9 Å². The summed E-state index contributed by atoms with van der Waals surface area (Å²) >= 11 is 1.27. The van der Waals surface area contributed by atoms with Crippen LogP contribution in [0, 0.1) is 6.92 Å². The zero-order chi connectivity index (χ0) is 24.4. The summed E-state index contributed by atoms with van der Waals surface area (Å²) in [6.45, 7) is 6.94. The highest BCUT2D eigenvalue weighted by Gasteiger charge is 2.27. The van der Waals surface area contributed by atoms with E-state index in [0.29, 0.717) is 42.2 Å². The lowest BCUT2D eigenvalue weighted by atomic mass is 9.94. The maximum Gasteiger partial charge on any atom is 0.272 e. The van der Waals surface area contributed by atoms with Crippen LogP contribution < -0.4 is 5.32 Å². The van der Waals surface area contributed by atoms with Gasteiger partial charge in [0.25, 0.3) is 11.8 Å². The summed E-state index contributed by atoms with van der Waals surface area (Å²) in [7, 11) is 1.81. The Balaban J connectivity index is 1.48. The molecule has 2 amide bonds. The normalized spacial score (nSPS) is 13.0. The molecule has 178 valence electrons. The molecule has 0 fully saturated rings. The van der Waals surface area contributed by atoms with Crippen molar-refractivity contribution in [1.82, 2.24) is 25.0 Å². The molecule has 0 spiro atoms. The average Bonchev–Trinajstić information content (AvgIpc) is 3.45. The van der Waals surface area contributed by atoms with E-state index in [-0.39, 0.29) is 17.6 Å². The zero-order valence-electron chi connectivity index (χ0n) is 20.0. The average molecular weight is 480 g/mol. The number of pyridine rings is 1. The molecular formula is C25H29N5O3S. The van der Waals surface area contributed by atoms with E-state index in [4.69, 9.17) is 0 Å². The van der Waals surface area contributed by atoms with E-state index in [1.807, 2.05) is 31.1 Å². The largest absolute Gasteiger partial charge is 0.348 e. The summed E-state index contributed by atoms with van der Waals surface area (Å²) in [4.78, 5) is 44.3. The van der Waals surface area contributed by atoms with Crippen LogP contribution in [0.15, 0.2) is 23.7 Å². The molecular weight excluding hydrogens is 450 g/mol. The third-order valence-corrected chi connectivity index (χ3v) is 7.20. The molecule has 0 aromatic carbocycles. The Morgan fingerprint density at radius 1 is 1.24 bits per heavy atom. The number of thiophene rings is 1. The third kappa shape index (κ3) is 4.79. The van der Waals surface area contributed by atoms with Crippen LogP contribution in [0.25, 0.3) is 0 Å². The Kier molecular flexibility index (Phi) is 6.92. The van der Waals surface area contributed by atoms with Crippen molar-refractivity contribution in [2.45, 2.75) is 53.1 Å². The highest BCUT2D eigenvalue weighted by molar-refractivity contribution is 7.12. The molecule has 1 N–H and O–H groups in total. The van der Waals surface area contributed by atoms with Gasteiger partial charge < -0.3 is 10.2 Å². The number of ketones is 1. The Labute approximate surface area is 203 Å². The number of carbonyl (C=O) groups excluding carboxylic acids is 3. The first kappa shape index (κ1) is 23.8. The predicted octanol–water partition coefficient (Wildman–Crippen LogP) is 3.47. The monoisotopic (exact) mass is 479 g/mol. The van der Waals surface area contributed by atoms with Crippen LogP contribution in [-0.4, -0.2) is 43.8 Å². The van der Waals surface area contributed by atoms with Gasteiger partial charge in [0.1, 0.15) is 5.69 Å². The number of aryl methyl sites for hydroxylation is 3. The number of fused-ring (bicyclic) bond motifs is 1. The van der Waals surface area contributed by atoms with E-state index in [1.54, 1.807) is 16.1 Å². The molecule has 0 radical (unpaired) electrons. The summed E-state index contributed by atoms with van der Waals surface area (Å²) in [5, 5.41) is 9.13. The van der Waals surface area contributed by atoms with Crippen LogP contribution in [0.2, 0.25) is 0 Å². The topological polar surface area (TPSA) is 97.2 Å². The zero-order valence-corrected chi connectivity index (χ0v) is 20.8. The van der Waals surface area contributed by atoms with Gasteiger partial charge in [-0.25, -0.2) is 0 Å². The number of hydrogen-bond donors (Lipinski definition) is 1. The van der Waals surface area contributed by atoms with Gasteiger partial charge in [-0.1, -0.05) is 13.3 Å². The number of carbonyl (C=O) groups is 3. The molecule has 8 nitrogen and oxygen atoms in total. The van der Waals surface area contributed by atoms with Gasteiger partial charge in [-0.2, -0.15) is 5.10 Å². The van der Waals surface area contributed by atoms with E-state index in [2.05, 4.69) is 22.3 Å². The Bertz CT molecular complexity index is 1260. The highest BCUT2D eigenvalue weighted by Crippen LogP contribution is 2.25. The van der Waals surface area contributed by atoms with Crippen molar-refractivity contribution >= 4 is 28.9 Å². The minimum absolute atomic E-state index is 0.0304. The van der Waals surface area contributed by atoms with Crippen molar-refractivity contribution < 1.29 is 14.4 Å². The fraction of sp³-hybridized carbons (Fsp3) is 0.400. The maximum absolute atomic E-state index is 13.2. The number of rotatable bonds is 7. The first-order valence-electron chi connectivity index (χ1n) is 11.4. The van der Waals surface area contributed by atoms with E-state index < -0.39 is 0 Å². The van der Waals surface area contributed by atoms with Gasteiger partial charge in [-0.05, 0) is 55.5 Å². The Morgan fingerprint density at radius 2 is 2.03 bits per heavy atom. The van der Waals surface area contributed by atoms with Crippen LogP contribution in [0.4, 0.5) is 0 Å². The van der Waals surface area contributed by atoms with E-state index in [1.165, 1.54) is 18.3 Å². The molecule has 9 heteroatoms. The number of hydrogen-bond acceptors (Lipinski definition) is 6. The van der Waals surface area contributed by atoms with Crippen LogP contribution >= 0.6 is 11.3 Å². The van der Waals surface area contributed by atoms with Crippen molar-refractivity contribution in [3.63, 3.8) is 0 Å². The lowest BCUT2D eigenvalue weighted by molar-refractivity contribution is 0.0722. The molecule has 3 aromatic heterocycles. The van der Waals surface area contributed by atoms with E-state index in [0.717, 1.165) is 40.9 Å². The molecule has 1 aliphatic heterocycles. The molecule has 0 unspecified atom stereocenters. The number of amides is 2. The molecule has 4 rings (SSSR count). The van der Waals surface area contributed by atoms with Gasteiger partial charge in [0.15, 0.2) is 5.78 Å². The standard InChI is InChI=1S/C25H29N5O3S/c1-5-6-19-10-22(29(4)28-19)25(33)30-8-7-20-18(13-30)11-26-15(2)21(20)12-27-24(32)17-9-23(16(3)31)34-14-17/h9-11,14H,5-8,12-13H2,1-4H3,(H,27,32). The van der Waals surface area contributed by atoms with Gasteiger partial charge >= 0.3 is 0 Å². The van der Waals surface area contributed by atoms with Crippen LogP contribution in [0.3, 0.4) is 0 Å². The molecule has 4 heterocycles. The summed E-state index contributed by atoms with van der Waals surface area (Å²) in [5.74, 6) is -0.294. The lowest BCUT2D eigenvalue weighted by Gasteiger charge is -2.30. The second kappa shape index (κ2) is 9.89. The predicted molar refractivity (Wildman–Crippen MR) is 130 cm³/mol. The first-order valence-corrected chi connectivity index (χ1v) is 12.3. The first-order chi connectivity index (χ1) is 16.3. The van der Waals surface area contributed by atoms with Crippen LogP contribution in [0.1, 0.15) is 78.9 Å². The molecule has 34 heavy (non-hydrogen) atoms. The molecule has 3 aromatic rings. The lowest BCUT2D eigenvalue weighted by Crippen LogP contribution is -2.38. The van der Waals surface area contributed by atoms with Crippen molar-refractivity contribution in [2.24, 2.45) is 7.05 Å². The Morgan fingerprint density at radius 3 is 2.74 bits per heavy atom. The quantitative estimate of drug-likeness (QED) is 0.524. The van der Waals surface area contributed by atoms with Gasteiger partial charge in [0.2, 0.25) is 0 Å². The third-order valence-electron chi connectivity index (χ3n) is 6.17. The highest BCUT2D eigenvalue weighted by atomic mass is 32.1. The summed E-state index contributed by atoms with van der Waals surface area (Å²) in [6.07, 6.45) is 4.36. The van der Waals surface area contributed by atoms with Crippen molar-refractivity contribution in [1.29, 1.82) is 0 Å². The fourth-order valence-corrected chi connectivity index (χ4v) is 5.10. The van der Waals surface area contributed by atoms with Crippen LogP contribution in [-0.2, 0) is 33.0 Å². The van der Waals surface area contributed by atoms with Gasteiger partial charge in [0, 0.05) is 44.0 Å². The number of nitrogens with zero attached hydrogens (tertiary/aromatic N) is 4. The molecule has 0 aliphatic carbocycles.